The van der Waals surface area contributed by atoms with Crippen LogP contribution in [-0.2, 0) is 15.7 Å². The maximum absolute atomic E-state index is 13.7. The number of halogens is 3. The predicted molar refractivity (Wildman–Crippen MR) is 120 cm³/mol. The molecule has 3 heterocycles. The molecule has 1 amide bonds. The van der Waals surface area contributed by atoms with Gasteiger partial charge < -0.3 is 15.0 Å². The molecular weight excluding hydrogens is 457 g/mol. The normalized spacial score (nSPS) is 15.0. The van der Waals surface area contributed by atoms with Crippen molar-refractivity contribution in [1.82, 2.24) is 9.88 Å². The topological polar surface area (TPSA) is 74.8 Å². The molecule has 0 radical (unpaired) electrons. The van der Waals surface area contributed by atoms with Crippen LogP contribution in [0.1, 0.15) is 15.9 Å². The molecule has 3 aromatic rings. The first-order valence-corrected chi connectivity index (χ1v) is 11.0. The van der Waals surface area contributed by atoms with Gasteiger partial charge in [0.15, 0.2) is 0 Å². The fourth-order valence-electron chi connectivity index (χ4n) is 3.68. The third kappa shape index (κ3) is 5.09. The molecule has 1 aromatic carbocycles. The number of carbonyl (C=O) groups is 2. The lowest BCUT2D eigenvalue weighted by Gasteiger charge is -2.35. The van der Waals surface area contributed by atoms with Crippen LogP contribution in [0.4, 0.5) is 24.7 Å². The monoisotopic (exact) mass is 478 g/mol. The highest BCUT2D eigenvalue weighted by molar-refractivity contribution is 7.17. The molecular formula is C22H21F3N4O3S. The van der Waals surface area contributed by atoms with Gasteiger partial charge in [0.25, 0.3) is 0 Å². The number of hydrogen-bond acceptors (Lipinski definition) is 7. The number of nitrogens with one attached hydrogen (secondary N) is 1. The molecule has 2 aromatic heterocycles. The lowest BCUT2D eigenvalue weighted by atomic mass is 10.1. The summed E-state index contributed by atoms with van der Waals surface area (Å²) in [5.41, 5.74) is -0.120. The van der Waals surface area contributed by atoms with Gasteiger partial charge in [-0.3, -0.25) is 9.69 Å². The number of hydrogen-bond donors (Lipinski definition) is 1. The predicted octanol–water partition coefficient (Wildman–Crippen LogP) is 3.86. The molecule has 1 fully saturated rings. The summed E-state index contributed by atoms with van der Waals surface area (Å²) in [6, 6.07) is 10.1. The number of thiophene rings is 1. The molecule has 0 aliphatic carbocycles. The Labute approximate surface area is 191 Å². The molecule has 1 saturated heterocycles. The Bertz CT molecular complexity index is 1160. The number of fused-ring (bicyclic) bond motifs is 1. The fraction of sp³-hybridized carbons (Fsp3) is 0.318. The first-order valence-electron chi connectivity index (χ1n) is 10.2. The van der Waals surface area contributed by atoms with Crippen LogP contribution in [0, 0.1) is 0 Å². The second kappa shape index (κ2) is 9.36. The van der Waals surface area contributed by atoms with E-state index in [1.54, 1.807) is 17.0 Å². The molecule has 0 atom stereocenters. The van der Waals surface area contributed by atoms with Crippen LogP contribution in [0.2, 0.25) is 0 Å². The second-order valence-electron chi connectivity index (χ2n) is 7.52. The number of methoxy groups -OCH3 is 1. The molecule has 0 bridgehead atoms. The highest BCUT2D eigenvalue weighted by atomic mass is 32.1. The molecule has 1 aliphatic rings. The largest absolute Gasteiger partial charge is 0.465 e. The van der Waals surface area contributed by atoms with Gasteiger partial charge >= 0.3 is 12.1 Å². The van der Waals surface area contributed by atoms with Gasteiger partial charge in [0, 0.05) is 37.2 Å². The maximum Gasteiger partial charge on any atom is 0.417 e. The fourth-order valence-corrected chi connectivity index (χ4v) is 4.70. The van der Waals surface area contributed by atoms with E-state index in [9.17, 15) is 22.8 Å². The minimum atomic E-state index is -4.59. The number of rotatable bonds is 5. The van der Waals surface area contributed by atoms with Gasteiger partial charge in [0.05, 0.1) is 35.0 Å². The highest BCUT2D eigenvalue weighted by Crippen LogP contribution is 2.40. The standard InChI is InChI=1S/C22H21F3N4O3S/c1-32-21(31)15-13-33-20-16(22(23,24)25)11-17(27-19(15)20)29-9-7-28(8-10-29)12-18(30)26-14-5-3-2-4-6-14/h2-6,11,13H,7-10,12H2,1H3,(H,26,30). The van der Waals surface area contributed by atoms with Crippen LogP contribution < -0.4 is 10.2 Å². The van der Waals surface area contributed by atoms with E-state index in [0.717, 1.165) is 17.4 Å². The molecule has 174 valence electrons. The van der Waals surface area contributed by atoms with Crippen molar-refractivity contribution in [3.05, 3.63) is 52.9 Å². The molecule has 11 heteroatoms. The van der Waals surface area contributed by atoms with Crippen molar-refractivity contribution in [3.63, 3.8) is 0 Å². The van der Waals surface area contributed by atoms with E-state index in [0.29, 0.717) is 31.9 Å². The Morgan fingerprint density at radius 1 is 1.15 bits per heavy atom. The van der Waals surface area contributed by atoms with Gasteiger partial charge in [0.1, 0.15) is 5.82 Å². The molecule has 7 nitrogen and oxygen atoms in total. The van der Waals surface area contributed by atoms with E-state index in [1.165, 1.54) is 12.5 Å². The number of carbonyl (C=O) groups excluding carboxylic acids is 2. The Morgan fingerprint density at radius 3 is 2.48 bits per heavy atom. The Hall–Kier alpha value is -3.18. The smallest absolute Gasteiger partial charge is 0.417 e. The quantitative estimate of drug-likeness (QED) is 0.562. The average Bonchev–Trinajstić information content (AvgIpc) is 3.22. The van der Waals surface area contributed by atoms with Crippen molar-refractivity contribution in [2.24, 2.45) is 0 Å². The number of aromatic nitrogens is 1. The number of benzene rings is 1. The van der Waals surface area contributed by atoms with Crippen molar-refractivity contribution < 1.29 is 27.5 Å². The van der Waals surface area contributed by atoms with Crippen molar-refractivity contribution >= 4 is 44.9 Å². The van der Waals surface area contributed by atoms with Gasteiger partial charge in [-0.2, -0.15) is 13.2 Å². The Balaban J connectivity index is 1.49. The van der Waals surface area contributed by atoms with Crippen molar-refractivity contribution in [2.45, 2.75) is 6.18 Å². The minimum absolute atomic E-state index is 0.0126. The zero-order chi connectivity index (χ0) is 23.6. The lowest BCUT2D eigenvalue weighted by molar-refractivity contribution is -0.136. The van der Waals surface area contributed by atoms with Gasteiger partial charge in [-0.25, -0.2) is 9.78 Å². The third-order valence-electron chi connectivity index (χ3n) is 5.34. The van der Waals surface area contributed by atoms with E-state index in [2.05, 4.69) is 10.3 Å². The number of para-hydroxylation sites is 1. The summed E-state index contributed by atoms with van der Waals surface area (Å²) >= 11 is 0.820. The van der Waals surface area contributed by atoms with Gasteiger partial charge in [-0.1, -0.05) is 18.2 Å². The lowest BCUT2D eigenvalue weighted by Crippen LogP contribution is -2.49. The average molecular weight is 478 g/mol. The molecule has 1 aliphatic heterocycles. The van der Waals surface area contributed by atoms with Crippen LogP contribution in [0.5, 0.6) is 0 Å². The number of pyridine rings is 1. The van der Waals surface area contributed by atoms with Crippen LogP contribution in [0.15, 0.2) is 41.8 Å². The van der Waals surface area contributed by atoms with E-state index >= 15 is 0 Å². The SMILES string of the molecule is COC(=O)c1csc2c(C(F)(F)F)cc(N3CCN(CC(=O)Nc4ccccc4)CC3)nc12. The zero-order valence-corrected chi connectivity index (χ0v) is 18.5. The van der Waals surface area contributed by atoms with E-state index in [1.807, 2.05) is 23.1 Å². The highest BCUT2D eigenvalue weighted by Gasteiger charge is 2.36. The van der Waals surface area contributed by atoms with E-state index in [-0.39, 0.29) is 34.0 Å². The van der Waals surface area contributed by atoms with Gasteiger partial charge in [-0.15, -0.1) is 11.3 Å². The van der Waals surface area contributed by atoms with Crippen molar-refractivity contribution in [1.29, 1.82) is 0 Å². The van der Waals surface area contributed by atoms with Crippen LogP contribution in [0.3, 0.4) is 0 Å². The number of amides is 1. The zero-order valence-electron chi connectivity index (χ0n) is 17.7. The van der Waals surface area contributed by atoms with Gasteiger partial charge in [-0.05, 0) is 18.2 Å². The molecule has 33 heavy (non-hydrogen) atoms. The first-order chi connectivity index (χ1) is 15.8. The summed E-state index contributed by atoms with van der Waals surface area (Å²) in [4.78, 5) is 32.4. The van der Waals surface area contributed by atoms with Crippen LogP contribution in [0.25, 0.3) is 10.2 Å². The summed E-state index contributed by atoms with van der Waals surface area (Å²) in [6.07, 6.45) is -4.59. The first kappa shape index (κ1) is 23.0. The second-order valence-corrected chi connectivity index (χ2v) is 8.40. The Kier molecular flexibility index (Phi) is 6.52. The molecule has 4 rings (SSSR count). The van der Waals surface area contributed by atoms with E-state index < -0.39 is 17.7 Å². The Morgan fingerprint density at radius 2 is 1.85 bits per heavy atom. The summed E-state index contributed by atoms with van der Waals surface area (Å²) in [5, 5.41) is 4.16. The van der Waals surface area contributed by atoms with Crippen molar-refractivity contribution in [3.8, 4) is 0 Å². The summed E-state index contributed by atoms with van der Waals surface area (Å²) < 4.78 is 45.8. The van der Waals surface area contributed by atoms with E-state index in [4.69, 9.17) is 4.74 Å². The third-order valence-corrected chi connectivity index (χ3v) is 6.34. The molecule has 0 unspecified atom stereocenters. The molecule has 1 N–H and O–H groups in total. The molecule has 0 saturated carbocycles. The number of alkyl halides is 3. The summed E-state index contributed by atoms with van der Waals surface area (Å²) in [6.45, 7) is 1.94. The number of piperazine rings is 1. The molecule has 0 spiro atoms. The number of ether oxygens (including phenoxy) is 1. The minimum Gasteiger partial charge on any atom is -0.465 e. The van der Waals surface area contributed by atoms with Crippen LogP contribution in [-0.4, -0.2) is 61.6 Å². The summed E-state index contributed by atoms with van der Waals surface area (Å²) in [7, 11) is 1.17. The maximum atomic E-state index is 13.7. The van der Waals surface area contributed by atoms with Gasteiger partial charge in [0.2, 0.25) is 5.91 Å². The van der Waals surface area contributed by atoms with Crippen molar-refractivity contribution in [2.75, 3.05) is 50.1 Å². The number of nitrogens with zero attached hydrogens (tertiary/aromatic N) is 3. The van der Waals surface area contributed by atoms with Crippen LogP contribution >= 0.6 is 11.3 Å². The number of anilines is 2. The number of esters is 1. The summed E-state index contributed by atoms with van der Waals surface area (Å²) in [5.74, 6) is -0.741.